The van der Waals surface area contributed by atoms with Crippen LogP contribution in [0.4, 0.5) is 11.6 Å². The first-order chi connectivity index (χ1) is 17.9. The number of nitrogens with one attached hydrogen (secondary N) is 1. The van der Waals surface area contributed by atoms with Crippen LogP contribution in [0.5, 0.6) is 0 Å². The summed E-state index contributed by atoms with van der Waals surface area (Å²) < 4.78 is 1.48. The first-order valence-corrected chi connectivity index (χ1v) is 12.0. The number of hydrogen-bond acceptors (Lipinski definition) is 9. The quantitative estimate of drug-likeness (QED) is 0.351. The number of ketones is 2. The highest BCUT2D eigenvalue weighted by molar-refractivity contribution is 6.46. The molecular formula is C26H26N8O3. The Morgan fingerprint density at radius 1 is 1.27 bits per heavy atom. The van der Waals surface area contributed by atoms with Crippen LogP contribution >= 0.6 is 0 Å². The molecule has 1 N–H and O–H groups in total. The normalized spacial score (nSPS) is 20.8. The van der Waals surface area contributed by atoms with Crippen LogP contribution in [0.25, 0.3) is 10.9 Å². The van der Waals surface area contributed by atoms with Crippen molar-refractivity contribution in [3.63, 3.8) is 0 Å². The number of nitrogens with zero attached hydrogens (tertiary/aromatic N) is 7. The highest BCUT2D eigenvalue weighted by Crippen LogP contribution is 2.48. The van der Waals surface area contributed by atoms with E-state index in [1.165, 1.54) is 17.8 Å². The van der Waals surface area contributed by atoms with Crippen LogP contribution in [0, 0.1) is 5.92 Å². The fourth-order valence-electron chi connectivity index (χ4n) is 4.90. The Kier molecular flexibility index (Phi) is 6.43. The molecule has 188 valence electrons. The Bertz CT molecular complexity index is 1460. The lowest BCUT2D eigenvalue weighted by Gasteiger charge is -2.26. The van der Waals surface area contributed by atoms with E-state index in [1.54, 1.807) is 54.6 Å². The molecule has 1 amide bonds. The molecule has 1 aliphatic heterocycles. The lowest BCUT2D eigenvalue weighted by atomic mass is 10.0. The minimum atomic E-state index is -0.582. The van der Waals surface area contributed by atoms with E-state index in [-0.39, 0.29) is 41.5 Å². The average molecular weight is 499 g/mol. The van der Waals surface area contributed by atoms with Gasteiger partial charge in [0.25, 0.3) is 0 Å². The minimum absolute atomic E-state index is 0.0343. The summed E-state index contributed by atoms with van der Waals surface area (Å²) >= 11 is 0. The summed E-state index contributed by atoms with van der Waals surface area (Å²) in [7, 11) is 0. The van der Waals surface area contributed by atoms with E-state index in [9.17, 15) is 14.4 Å². The van der Waals surface area contributed by atoms with Crippen molar-refractivity contribution in [2.45, 2.75) is 45.3 Å². The Morgan fingerprint density at radius 3 is 2.81 bits per heavy atom. The van der Waals surface area contributed by atoms with Crippen molar-refractivity contribution in [1.82, 2.24) is 29.9 Å². The molecule has 37 heavy (non-hydrogen) atoms. The predicted molar refractivity (Wildman–Crippen MR) is 137 cm³/mol. The molecule has 0 bridgehead atoms. The van der Waals surface area contributed by atoms with E-state index in [0.29, 0.717) is 34.9 Å². The smallest absolute Gasteiger partial charge is 0.245 e. The molecule has 3 aromatic rings. The van der Waals surface area contributed by atoms with Gasteiger partial charge in [-0.1, -0.05) is 12.7 Å². The predicted octanol–water partition coefficient (Wildman–Crippen LogP) is 2.89. The lowest BCUT2D eigenvalue weighted by molar-refractivity contribution is -0.137. The molecule has 11 heteroatoms. The van der Waals surface area contributed by atoms with Crippen LogP contribution in [0.15, 0.2) is 60.5 Å². The van der Waals surface area contributed by atoms with Gasteiger partial charge < -0.3 is 10.2 Å². The van der Waals surface area contributed by atoms with Gasteiger partial charge in [0.1, 0.15) is 23.8 Å². The molecule has 0 aromatic carbocycles. The Labute approximate surface area is 213 Å². The van der Waals surface area contributed by atoms with Crippen LogP contribution in [0.3, 0.4) is 0 Å². The fraction of sp³-hybridized carbons (Fsp3) is 0.308. The van der Waals surface area contributed by atoms with Gasteiger partial charge in [-0.3, -0.25) is 24.1 Å². The molecule has 1 saturated carbocycles. The largest absolute Gasteiger partial charge is 0.327 e. The molecule has 11 nitrogen and oxygen atoms in total. The van der Waals surface area contributed by atoms with Crippen molar-refractivity contribution in [2.75, 3.05) is 5.32 Å². The zero-order chi connectivity index (χ0) is 26.1. The van der Waals surface area contributed by atoms with E-state index >= 15 is 0 Å². The van der Waals surface area contributed by atoms with E-state index in [2.05, 4.69) is 37.2 Å². The number of Topliss-reactive ketones (excluding diaryl/α,β-unsaturated/α-hetero) is 2. The summed E-state index contributed by atoms with van der Waals surface area (Å²) in [5.41, 5.74) is 1.05. The van der Waals surface area contributed by atoms with Crippen LogP contribution < -0.4 is 5.32 Å². The number of pyridine rings is 1. The number of aliphatic imine (C=N–C) groups is 1. The molecule has 1 aliphatic carbocycles. The summed E-state index contributed by atoms with van der Waals surface area (Å²) in [5, 5.41) is 15.9. The van der Waals surface area contributed by atoms with Gasteiger partial charge >= 0.3 is 0 Å². The maximum atomic E-state index is 13.5. The van der Waals surface area contributed by atoms with Crippen molar-refractivity contribution in [3.8, 4) is 0 Å². The number of piperidine rings is 1. The number of carbonyl (C=O) groups excluding carboxylic acids is 3. The summed E-state index contributed by atoms with van der Waals surface area (Å²) in [4.78, 5) is 49.3. The van der Waals surface area contributed by atoms with E-state index < -0.39 is 6.04 Å². The van der Waals surface area contributed by atoms with Gasteiger partial charge in [-0.15, -0.1) is 5.10 Å². The molecule has 0 spiro atoms. The van der Waals surface area contributed by atoms with Crippen molar-refractivity contribution in [1.29, 1.82) is 0 Å². The minimum Gasteiger partial charge on any atom is -0.327 e. The number of fused-ring (bicyclic) bond motifs is 2. The van der Waals surface area contributed by atoms with E-state index in [4.69, 9.17) is 0 Å². The summed E-state index contributed by atoms with van der Waals surface area (Å²) in [6.07, 6.45) is 9.32. The SMILES string of the molecule is C=C/N=C(\C=C/C)C(=O)[C@@H]1C[C@H]2C[C@H]2N1C(=O)Cn1nc(C(C)=O)c2cc(Nc3cccnn3)ncc21. The maximum Gasteiger partial charge on any atom is 0.245 e. The number of rotatable bonds is 9. The van der Waals surface area contributed by atoms with Gasteiger partial charge in [0, 0.05) is 30.7 Å². The van der Waals surface area contributed by atoms with Crippen molar-refractivity contribution in [2.24, 2.45) is 10.9 Å². The van der Waals surface area contributed by atoms with Crippen LogP contribution in [-0.2, 0) is 16.1 Å². The monoisotopic (exact) mass is 498 g/mol. The van der Waals surface area contributed by atoms with Gasteiger partial charge in [0.05, 0.1) is 17.8 Å². The number of carbonyl (C=O) groups is 3. The van der Waals surface area contributed by atoms with Crippen molar-refractivity contribution in [3.05, 3.63) is 61.2 Å². The topological polar surface area (TPSA) is 135 Å². The molecule has 0 radical (unpaired) electrons. The number of likely N-dealkylation sites (tertiary alicyclic amines) is 1. The second-order valence-electron chi connectivity index (χ2n) is 9.06. The third kappa shape index (κ3) is 4.67. The van der Waals surface area contributed by atoms with Gasteiger partial charge in [-0.25, -0.2) is 4.98 Å². The van der Waals surface area contributed by atoms with Crippen molar-refractivity contribution < 1.29 is 14.4 Å². The molecule has 2 aliphatic rings. The third-order valence-corrected chi connectivity index (χ3v) is 6.59. The summed E-state index contributed by atoms with van der Waals surface area (Å²) in [5.74, 6) is 0.610. The lowest BCUT2D eigenvalue weighted by Crippen LogP contribution is -2.46. The molecule has 4 heterocycles. The van der Waals surface area contributed by atoms with Crippen LogP contribution in [-0.4, -0.2) is 65.1 Å². The Hall–Kier alpha value is -4.54. The van der Waals surface area contributed by atoms with E-state index in [1.807, 2.05) is 0 Å². The van der Waals surface area contributed by atoms with Crippen molar-refractivity contribution >= 4 is 45.7 Å². The van der Waals surface area contributed by atoms with Gasteiger partial charge in [-0.2, -0.15) is 10.2 Å². The van der Waals surface area contributed by atoms with Gasteiger partial charge in [-0.05, 0) is 50.0 Å². The van der Waals surface area contributed by atoms with Crippen LogP contribution in [0.1, 0.15) is 37.2 Å². The summed E-state index contributed by atoms with van der Waals surface area (Å²) in [6, 6.07) is 4.63. The molecule has 3 atom stereocenters. The number of aromatic nitrogens is 5. The molecular weight excluding hydrogens is 472 g/mol. The number of amides is 1. The second kappa shape index (κ2) is 9.84. The third-order valence-electron chi connectivity index (χ3n) is 6.59. The number of allylic oxidation sites excluding steroid dienone is 2. The Balaban J connectivity index is 1.42. The van der Waals surface area contributed by atoms with Gasteiger partial charge in [0.15, 0.2) is 11.6 Å². The first kappa shape index (κ1) is 24.2. The molecule has 0 unspecified atom stereocenters. The molecule has 3 aromatic heterocycles. The average Bonchev–Trinajstić information content (AvgIpc) is 3.40. The standard InChI is InChI=1S/C26H26N8O3/c1-4-7-18(27-5-2)26(37)20-11-16-10-19(16)34(20)24(36)14-33-21-13-28-23(30-22-8-6-9-29-31-22)12-17(21)25(32-33)15(3)35/h4-9,12-13,16,19-20H,2,10-11,14H2,1,3H3,(H,28,30,31)/b7-4-,27-18+/t16-,19-,20+/m1/s1. The molecule has 2 fully saturated rings. The first-order valence-electron chi connectivity index (χ1n) is 12.0. The Morgan fingerprint density at radius 2 is 2.11 bits per heavy atom. The second-order valence-corrected chi connectivity index (χ2v) is 9.06. The van der Waals surface area contributed by atoms with Crippen LogP contribution in [0.2, 0.25) is 0 Å². The number of anilines is 2. The zero-order valence-corrected chi connectivity index (χ0v) is 20.5. The summed E-state index contributed by atoms with van der Waals surface area (Å²) in [6.45, 7) is 6.70. The number of hydrogen-bond donors (Lipinski definition) is 1. The van der Waals surface area contributed by atoms with E-state index in [0.717, 1.165) is 6.42 Å². The zero-order valence-electron chi connectivity index (χ0n) is 20.5. The fourth-order valence-corrected chi connectivity index (χ4v) is 4.90. The highest BCUT2D eigenvalue weighted by Gasteiger charge is 2.56. The highest BCUT2D eigenvalue weighted by atomic mass is 16.2. The molecule has 5 rings (SSSR count). The molecule has 1 saturated heterocycles. The maximum absolute atomic E-state index is 13.5. The van der Waals surface area contributed by atoms with Gasteiger partial charge in [0.2, 0.25) is 11.7 Å².